The van der Waals surface area contributed by atoms with Crippen LogP contribution in [0.25, 0.3) is 6.08 Å². The summed E-state index contributed by atoms with van der Waals surface area (Å²) in [6, 6.07) is 43.2. The Morgan fingerprint density at radius 2 is 1.54 bits per heavy atom. The van der Waals surface area contributed by atoms with Crippen LogP contribution in [0.3, 0.4) is 0 Å². The molecule has 0 bridgehead atoms. The average molecular weight is 790 g/mol. The number of carbonyl (C=O) groups excluding carboxylic acids is 3. The van der Waals surface area contributed by atoms with Crippen molar-refractivity contribution in [2.75, 3.05) is 10.6 Å². The van der Waals surface area contributed by atoms with Crippen LogP contribution in [-0.2, 0) is 22.4 Å². The maximum atomic E-state index is 14.2. The van der Waals surface area contributed by atoms with Gasteiger partial charge in [-0.3, -0.25) is 24.5 Å². The molecular formula is C45H35N5O5S2. The zero-order chi connectivity index (χ0) is 39.7. The number of hydrogen-bond acceptors (Lipinski definition) is 8. The van der Waals surface area contributed by atoms with Crippen LogP contribution < -0.4 is 16.0 Å². The molecule has 1 heterocycles. The summed E-state index contributed by atoms with van der Waals surface area (Å²) in [5.41, 5.74) is 3.88. The maximum absolute atomic E-state index is 14.2. The summed E-state index contributed by atoms with van der Waals surface area (Å²) in [7, 11) is 0. The molecule has 12 heteroatoms. The highest BCUT2D eigenvalue weighted by Crippen LogP contribution is 2.44. The van der Waals surface area contributed by atoms with Crippen LogP contribution >= 0.6 is 23.1 Å². The number of hydrogen-bond donors (Lipinski definition) is 3. The van der Waals surface area contributed by atoms with E-state index in [1.54, 1.807) is 54.6 Å². The van der Waals surface area contributed by atoms with Crippen LogP contribution in [0.2, 0.25) is 0 Å². The van der Waals surface area contributed by atoms with Crippen molar-refractivity contribution in [3.8, 4) is 6.07 Å². The number of nitriles is 1. The lowest BCUT2D eigenvalue weighted by Crippen LogP contribution is -2.30. The van der Waals surface area contributed by atoms with Gasteiger partial charge in [-0.25, -0.2) is 0 Å². The van der Waals surface area contributed by atoms with Crippen LogP contribution in [0, 0.1) is 21.4 Å². The molecule has 6 aromatic rings. The Morgan fingerprint density at radius 3 is 2.26 bits per heavy atom. The third kappa shape index (κ3) is 9.19. The molecule has 0 radical (unpaired) electrons. The molecule has 0 spiro atoms. The standard InChI is InChI=1S/C45H35N5O5S2/c46-28-37-36-24-23-32(29-13-4-1-5-14-29)26-40(36)57-45(37)49-44(53)41(30-15-6-2-7-16-30)56-35-21-12-20-34(27-35)47-43(52)38(48-42(51)31-17-8-3-9-18-31)25-33-19-10-11-22-39(33)50(54)55/h1-22,25,27,32,41H,23-24,26H2,(H,47,52)(H,48,51)(H,49,53)/b38-25+. The minimum atomic E-state index is -0.723. The van der Waals surface area contributed by atoms with E-state index in [4.69, 9.17) is 0 Å². The largest absolute Gasteiger partial charge is 0.321 e. The molecule has 5 aromatic carbocycles. The van der Waals surface area contributed by atoms with Gasteiger partial charge in [0, 0.05) is 27.1 Å². The number of nitrogens with zero attached hydrogens (tertiary/aromatic N) is 2. The van der Waals surface area contributed by atoms with Crippen molar-refractivity contribution in [1.82, 2.24) is 5.32 Å². The van der Waals surface area contributed by atoms with Gasteiger partial charge in [0.25, 0.3) is 17.5 Å². The SMILES string of the molecule is N#Cc1c(NC(=O)C(Sc2cccc(NC(=O)/C(=C\c3ccccc3[N+](=O)[O-])NC(=O)c3ccccc3)c2)c2ccccc2)sc2c1CCC(c1ccccc1)C2. The lowest BCUT2D eigenvalue weighted by atomic mass is 9.83. The fourth-order valence-corrected chi connectivity index (χ4v) is 9.10. The number of fused-ring (bicyclic) bond motifs is 1. The molecule has 0 aliphatic heterocycles. The highest BCUT2D eigenvalue weighted by Gasteiger charge is 2.30. The summed E-state index contributed by atoms with van der Waals surface area (Å²) in [5.74, 6) is -1.24. The van der Waals surface area contributed by atoms with Crippen molar-refractivity contribution in [2.24, 2.45) is 0 Å². The van der Waals surface area contributed by atoms with Gasteiger partial charge < -0.3 is 16.0 Å². The minimum Gasteiger partial charge on any atom is -0.321 e. The van der Waals surface area contributed by atoms with E-state index < -0.39 is 22.0 Å². The van der Waals surface area contributed by atoms with Crippen molar-refractivity contribution in [1.29, 1.82) is 5.26 Å². The van der Waals surface area contributed by atoms with Gasteiger partial charge in [-0.15, -0.1) is 23.1 Å². The average Bonchev–Trinajstić information content (AvgIpc) is 3.59. The first-order valence-corrected chi connectivity index (χ1v) is 19.8. The minimum absolute atomic E-state index is 0.129. The molecule has 10 nitrogen and oxygen atoms in total. The van der Waals surface area contributed by atoms with Crippen LogP contribution in [-0.4, -0.2) is 22.6 Å². The highest BCUT2D eigenvalue weighted by molar-refractivity contribution is 8.00. The van der Waals surface area contributed by atoms with E-state index in [1.807, 2.05) is 54.6 Å². The maximum Gasteiger partial charge on any atom is 0.276 e. The third-order valence-electron chi connectivity index (χ3n) is 9.53. The van der Waals surface area contributed by atoms with E-state index in [2.05, 4.69) is 34.2 Å². The van der Waals surface area contributed by atoms with Gasteiger partial charge in [0.1, 0.15) is 22.0 Å². The number of thioether (sulfide) groups is 1. The zero-order valence-electron chi connectivity index (χ0n) is 30.4. The van der Waals surface area contributed by atoms with Crippen molar-refractivity contribution in [3.63, 3.8) is 0 Å². The fourth-order valence-electron chi connectivity index (χ4n) is 6.74. The zero-order valence-corrected chi connectivity index (χ0v) is 32.0. The van der Waals surface area contributed by atoms with Crippen molar-refractivity contribution < 1.29 is 19.3 Å². The summed E-state index contributed by atoms with van der Waals surface area (Å²) in [5, 5.41) is 30.3. The predicted molar refractivity (Wildman–Crippen MR) is 224 cm³/mol. The molecule has 3 amide bonds. The Labute approximate surface area is 337 Å². The molecular weight excluding hydrogens is 755 g/mol. The number of rotatable bonds is 12. The van der Waals surface area contributed by atoms with E-state index in [0.717, 1.165) is 35.3 Å². The van der Waals surface area contributed by atoms with Crippen LogP contribution in [0.15, 0.2) is 150 Å². The number of nitro groups is 1. The molecule has 0 saturated heterocycles. The number of carbonyl (C=O) groups is 3. The summed E-state index contributed by atoms with van der Waals surface area (Å²) >= 11 is 2.75. The Hall–Kier alpha value is -6.81. The number of nitrogens with one attached hydrogen (secondary N) is 3. The van der Waals surface area contributed by atoms with Crippen LogP contribution in [0.5, 0.6) is 0 Å². The summed E-state index contributed by atoms with van der Waals surface area (Å²) in [6.07, 6.45) is 3.75. The molecule has 3 N–H and O–H groups in total. The summed E-state index contributed by atoms with van der Waals surface area (Å²) < 4.78 is 0. The van der Waals surface area contributed by atoms with Crippen molar-refractivity contribution in [2.45, 2.75) is 35.3 Å². The van der Waals surface area contributed by atoms with Crippen LogP contribution in [0.1, 0.15) is 60.6 Å². The second-order valence-electron chi connectivity index (χ2n) is 13.2. The van der Waals surface area contributed by atoms with Gasteiger partial charge in [-0.05, 0) is 84.3 Å². The molecule has 2 atom stereocenters. The molecule has 57 heavy (non-hydrogen) atoms. The van der Waals surface area contributed by atoms with Crippen LogP contribution in [0.4, 0.5) is 16.4 Å². The van der Waals surface area contributed by atoms with E-state index in [0.29, 0.717) is 32.6 Å². The summed E-state index contributed by atoms with van der Waals surface area (Å²) in [6.45, 7) is 0. The van der Waals surface area contributed by atoms with Gasteiger partial charge in [0.05, 0.1) is 16.1 Å². The molecule has 0 fully saturated rings. The highest BCUT2D eigenvalue weighted by atomic mass is 32.2. The number of amides is 3. The first-order chi connectivity index (χ1) is 27.8. The number of nitro benzene ring substituents is 1. The molecule has 7 rings (SSSR count). The lowest BCUT2D eigenvalue weighted by Gasteiger charge is -2.22. The first kappa shape index (κ1) is 38.5. The van der Waals surface area contributed by atoms with Gasteiger partial charge in [0.2, 0.25) is 5.91 Å². The Bertz CT molecular complexity index is 2520. The fraction of sp³-hybridized carbons (Fsp3) is 0.111. The Kier molecular flexibility index (Phi) is 12.0. The smallest absolute Gasteiger partial charge is 0.276 e. The van der Waals surface area contributed by atoms with Gasteiger partial charge in [-0.1, -0.05) is 97.1 Å². The van der Waals surface area contributed by atoms with Gasteiger partial charge in [0.15, 0.2) is 0 Å². The van der Waals surface area contributed by atoms with Crippen molar-refractivity contribution in [3.05, 3.63) is 194 Å². The number of thiophene rings is 1. The topological polar surface area (TPSA) is 154 Å². The van der Waals surface area contributed by atoms with Gasteiger partial charge in [-0.2, -0.15) is 5.26 Å². The van der Waals surface area contributed by atoms with E-state index in [1.165, 1.54) is 52.9 Å². The first-order valence-electron chi connectivity index (χ1n) is 18.1. The quantitative estimate of drug-likeness (QED) is 0.0483. The molecule has 282 valence electrons. The lowest BCUT2D eigenvalue weighted by molar-refractivity contribution is -0.385. The molecule has 1 aliphatic rings. The normalized spacial score (nSPS) is 14.0. The monoisotopic (exact) mass is 789 g/mol. The van der Waals surface area contributed by atoms with Gasteiger partial charge >= 0.3 is 0 Å². The van der Waals surface area contributed by atoms with E-state index >= 15 is 0 Å². The Morgan fingerprint density at radius 1 is 0.860 bits per heavy atom. The van der Waals surface area contributed by atoms with E-state index in [9.17, 15) is 29.8 Å². The second kappa shape index (κ2) is 17.8. The second-order valence-corrected chi connectivity index (χ2v) is 15.5. The molecule has 1 aromatic heterocycles. The third-order valence-corrected chi connectivity index (χ3v) is 12.0. The predicted octanol–water partition coefficient (Wildman–Crippen LogP) is 9.68. The van der Waals surface area contributed by atoms with E-state index in [-0.39, 0.29) is 22.9 Å². The Balaban J connectivity index is 1.13. The summed E-state index contributed by atoms with van der Waals surface area (Å²) in [4.78, 5) is 54.2. The molecule has 1 aliphatic carbocycles. The number of anilines is 2. The number of para-hydroxylation sites is 1. The molecule has 2 unspecified atom stereocenters. The van der Waals surface area contributed by atoms with Crippen molar-refractivity contribution >= 4 is 63.3 Å². The molecule has 0 saturated carbocycles. The number of benzene rings is 5.